The Morgan fingerprint density at radius 3 is 2.76 bits per heavy atom. The summed E-state index contributed by atoms with van der Waals surface area (Å²) in [5.74, 6) is 1.67. The highest BCUT2D eigenvalue weighted by atomic mass is 16.5. The summed E-state index contributed by atoms with van der Waals surface area (Å²) in [6, 6.07) is 12.1. The second-order valence-electron chi connectivity index (χ2n) is 8.84. The van der Waals surface area contributed by atoms with Crippen molar-refractivity contribution < 1.29 is 14.3 Å². The number of benzene rings is 1. The van der Waals surface area contributed by atoms with Crippen LogP contribution in [0.1, 0.15) is 38.2 Å². The van der Waals surface area contributed by atoms with E-state index in [0.717, 1.165) is 65.3 Å². The number of nitrogens with one attached hydrogen (secondary N) is 1. The molecule has 3 heterocycles. The third-order valence-corrected chi connectivity index (χ3v) is 6.74. The van der Waals surface area contributed by atoms with Crippen LogP contribution in [0.5, 0.6) is 5.75 Å². The van der Waals surface area contributed by atoms with Crippen LogP contribution >= 0.6 is 0 Å². The van der Waals surface area contributed by atoms with E-state index in [4.69, 9.17) is 9.47 Å². The number of rotatable bonds is 5. The average molecular weight is 459 g/mol. The van der Waals surface area contributed by atoms with Crippen molar-refractivity contribution in [1.29, 1.82) is 0 Å². The minimum atomic E-state index is -0.0101. The van der Waals surface area contributed by atoms with Gasteiger partial charge in [0.1, 0.15) is 11.6 Å². The third-order valence-electron chi connectivity index (χ3n) is 6.74. The number of aromatic nitrogens is 2. The lowest BCUT2D eigenvalue weighted by Crippen LogP contribution is -2.38. The smallest absolute Gasteiger partial charge is 0.230 e. The van der Waals surface area contributed by atoms with Crippen molar-refractivity contribution in [2.75, 3.05) is 23.9 Å². The number of anilines is 3. The minimum Gasteiger partial charge on any atom is -0.492 e. The Kier molecular flexibility index (Phi) is 6.45. The van der Waals surface area contributed by atoms with E-state index in [0.29, 0.717) is 13.2 Å². The zero-order valence-electron chi connectivity index (χ0n) is 19.7. The Balaban J connectivity index is 1.53. The maximum absolute atomic E-state index is 13.9. The fourth-order valence-electron chi connectivity index (χ4n) is 4.89. The van der Waals surface area contributed by atoms with Crippen LogP contribution in [-0.2, 0) is 16.1 Å². The number of pyridine rings is 2. The Labute approximate surface area is 200 Å². The third kappa shape index (κ3) is 4.48. The van der Waals surface area contributed by atoms with Gasteiger partial charge in [-0.25, -0.2) is 4.98 Å². The molecule has 0 spiro atoms. The summed E-state index contributed by atoms with van der Waals surface area (Å²) >= 11 is 0. The van der Waals surface area contributed by atoms with Gasteiger partial charge in [0.25, 0.3) is 0 Å². The molecule has 7 heteroatoms. The van der Waals surface area contributed by atoms with E-state index >= 15 is 0 Å². The maximum Gasteiger partial charge on any atom is 0.230 e. The number of carbonyl (C=O) groups excluding carboxylic acids is 1. The molecule has 1 aliphatic carbocycles. The number of hydrogen-bond acceptors (Lipinski definition) is 6. The fourth-order valence-corrected chi connectivity index (χ4v) is 4.89. The summed E-state index contributed by atoms with van der Waals surface area (Å²) in [7, 11) is 1.75. The number of amides is 1. The van der Waals surface area contributed by atoms with Crippen molar-refractivity contribution >= 4 is 23.1 Å². The molecular formula is C27H30N4O3. The lowest BCUT2D eigenvalue weighted by molar-refractivity contribution is -0.124. The summed E-state index contributed by atoms with van der Waals surface area (Å²) in [5.41, 5.74) is 4.65. The number of methoxy groups -OCH3 is 1. The molecule has 34 heavy (non-hydrogen) atoms. The predicted octanol–water partition coefficient (Wildman–Crippen LogP) is 5.34. The van der Waals surface area contributed by atoms with E-state index in [2.05, 4.69) is 21.4 Å². The van der Waals surface area contributed by atoms with Gasteiger partial charge < -0.3 is 19.7 Å². The zero-order chi connectivity index (χ0) is 23.5. The topological polar surface area (TPSA) is 76.6 Å². The molecule has 5 rings (SSSR count). The van der Waals surface area contributed by atoms with Crippen LogP contribution in [0.15, 0.2) is 55.0 Å². The normalized spacial score (nSPS) is 19.4. The summed E-state index contributed by atoms with van der Waals surface area (Å²) in [4.78, 5) is 24.7. The van der Waals surface area contributed by atoms with Crippen LogP contribution in [0.4, 0.5) is 17.2 Å². The van der Waals surface area contributed by atoms with Crippen molar-refractivity contribution in [1.82, 2.24) is 9.97 Å². The molecule has 2 aliphatic rings. The molecule has 0 saturated heterocycles. The van der Waals surface area contributed by atoms with Gasteiger partial charge in [-0.2, -0.15) is 0 Å². The van der Waals surface area contributed by atoms with Gasteiger partial charge in [0.15, 0.2) is 0 Å². The molecule has 0 atom stereocenters. The standard InChI is InChI=1S/C27H30N4O3/c1-3-34-23-13-21(15-28-16-23)19-8-11-24-25(14-19)31(17-20-5-4-12-29-26(20)30-24)27(32)18-6-9-22(33-2)10-7-18/h4-5,8,11-16,18,22H,3,6-7,9-10,17H2,1-2H3,(H,29,30). The van der Waals surface area contributed by atoms with E-state index in [9.17, 15) is 4.79 Å². The molecule has 176 valence electrons. The molecule has 3 aromatic rings. The SMILES string of the molecule is CCOc1cncc(-c2ccc3c(c2)N(C(=O)C2CCC(OC)CC2)Cc2cccnc2N3)c1. The van der Waals surface area contributed by atoms with Crippen LogP contribution in [0, 0.1) is 5.92 Å². The fraction of sp³-hybridized carbons (Fsp3) is 0.370. The number of nitrogens with zero attached hydrogens (tertiary/aromatic N) is 3. The molecule has 0 unspecified atom stereocenters. The van der Waals surface area contributed by atoms with Gasteiger partial charge in [0.05, 0.1) is 36.8 Å². The Bertz CT molecular complexity index is 1170. The molecule has 0 radical (unpaired) electrons. The Hall–Kier alpha value is -3.45. The highest BCUT2D eigenvalue weighted by molar-refractivity contribution is 6.00. The monoisotopic (exact) mass is 458 g/mol. The maximum atomic E-state index is 13.9. The first-order chi connectivity index (χ1) is 16.7. The van der Waals surface area contributed by atoms with Crippen LogP contribution in [0.3, 0.4) is 0 Å². The van der Waals surface area contributed by atoms with Crippen LogP contribution < -0.4 is 15.0 Å². The molecular weight excluding hydrogens is 428 g/mol. The summed E-state index contributed by atoms with van der Waals surface area (Å²) < 4.78 is 11.2. The lowest BCUT2D eigenvalue weighted by Gasteiger charge is -2.32. The molecule has 2 aromatic heterocycles. The van der Waals surface area contributed by atoms with Crippen LogP contribution in [0.2, 0.25) is 0 Å². The van der Waals surface area contributed by atoms with Gasteiger partial charge in [-0.1, -0.05) is 12.1 Å². The van der Waals surface area contributed by atoms with Crippen molar-refractivity contribution in [2.24, 2.45) is 5.92 Å². The molecule has 1 N–H and O–H groups in total. The van der Waals surface area contributed by atoms with Crippen LogP contribution in [0.25, 0.3) is 11.1 Å². The Morgan fingerprint density at radius 2 is 1.97 bits per heavy atom. The number of ether oxygens (including phenoxy) is 2. The van der Waals surface area contributed by atoms with Gasteiger partial charge in [-0.3, -0.25) is 9.78 Å². The Morgan fingerprint density at radius 1 is 1.12 bits per heavy atom. The first kappa shape index (κ1) is 22.3. The molecule has 1 aliphatic heterocycles. The number of fused-ring (bicyclic) bond motifs is 2. The largest absolute Gasteiger partial charge is 0.492 e. The second kappa shape index (κ2) is 9.81. The average Bonchev–Trinajstić information content (AvgIpc) is 3.05. The van der Waals surface area contributed by atoms with Crippen molar-refractivity contribution in [2.45, 2.75) is 45.3 Å². The highest BCUT2D eigenvalue weighted by Crippen LogP contribution is 2.40. The van der Waals surface area contributed by atoms with E-state index in [-0.39, 0.29) is 17.9 Å². The van der Waals surface area contributed by atoms with Gasteiger partial charge >= 0.3 is 0 Å². The summed E-state index contributed by atoms with van der Waals surface area (Å²) in [6.45, 7) is 3.01. The van der Waals surface area contributed by atoms with Crippen molar-refractivity contribution in [3.63, 3.8) is 0 Å². The quantitative estimate of drug-likeness (QED) is 0.556. The highest BCUT2D eigenvalue weighted by Gasteiger charge is 2.33. The van der Waals surface area contributed by atoms with E-state index in [1.165, 1.54) is 0 Å². The molecule has 1 aromatic carbocycles. The lowest BCUT2D eigenvalue weighted by atomic mass is 9.86. The van der Waals surface area contributed by atoms with Gasteiger partial charge in [0.2, 0.25) is 5.91 Å². The summed E-state index contributed by atoms with van der Waals surface area (Å²) in [5, 5.41) is 3.45. The first-order valence-corrected chi connectivity index (χ1v) is 11.9. The minimum absolute atomic E-state index is 0.0101. The summed E-state index contributed by atoms with van der Waals surface area (Å²) in [6.07, 6.45) is 9.08. The van der Waals surface area contributed by atoms with E-state index < -0.39 is 0 Å². The van der Waals surface area contributed by atoms with Crippen molar-refractivity contribution in [3.8, 4) is 16.9 Å². The number of hydrogen-bond donors (Lipinski definition) is 1. The molecule has 7 nitrogen and oxygen atoms in total. The molecule has 0 bridgehead atoms. The molecule has 1 amide bonds. The predicted molar refractivity (Wildman–Crippen MR) is 132 cm³/mol. The van der Waals surface area contributed by atoms with E-state index in [1.54, 1.807) is 19.5 Å². The first-order valence-electron chi connectivity index (χ1n) is 11.9. The van der Waals surface area contributed by atoms with Gasteiger partial charge in [0, 0.05) is 36.5 Å². The van der Waals surface area contributed by atoms with Gasteiger partial charge in [-0.15, -0.1) is 0 Å². The molecule has 1 saturated carbocycles. The van der Waals surface area contributed by atoms with Gasteiger partial charge in [-0.05, 0) is 62.4 Å². The molecule has 1 fully saturated rings. The van der Waals surface area contributed by atoms with Crippen molar-refractivity contribution in [3.05, 3.63) is 60.6 Å². The second-order valence-corrected chi connectivity index (χ2v) is 8.84. The number of carbonyl (C=O) groups is 1. The van der Waals surface area contributed by atoms with Crippen LogP contribution in [-0.4, -0.2) is 35.7 Å². The van der Waals surface area contributed by atoms with E-state index in [1.807, 2.05) is 48.4 Å². The zero-order valence-corrected chi connectivity index (χ0v) is 19.7.